The molecule has 0 radical (unpaired) electrons. The Morgan fingerprint density at radius 1 is 1.42 bits per heavy atom. The number of aromatic amines is 1. The van der Waals surface area contributed by atoms with Gasteiger partial charge in [0.15, 0.2) is 11.5 Å². The molecule has 0 bridgehead atoms. The zero-order chi connectivity index (χ0) is 13.4. The maximum Gasteiger partial charge on any atom is 0.306 e. The van der Waals surface area contributed by atoms with Crippen LogP contribution in [0.3, 0.4) is 0 Å². The Morgan fingerprint density at radius 2 is 2.16 bits per heavy atom. The van der Waals surface area contributed by atoms with Crippen molar-refractivity contribution in [1.29, 1.82) is 0 Å². The number of carboxylic acids is 1. The van der Waals surface area contributed by atoms with Crippen molar-refractivity contribution in [2.45, 2.75) is 12.8 Å². The van der Waals surface area contributed by atoms with Gasteiger partial charge in [-0.05, 0) is 12.8 Å². The van der Waals surface area contributed by atoms with Gasteiger partial charge >= 0.3 is 5.97 Å². The molecule has 3 heterocycles. The number of fused-ring (bicyclic) bond motifs is 1. The standard InChI is InChI=1S/C11H14N6O2/c12-11-15-8-7(13-5-14-8)9(16-11)17-3-1-6(2-4-17)10(18)19/h5-6H,1-4H2,(H,18,19)(H3,12,13,14,15,16). The van der Waals surface area contributed by atoms with Gasteiger partial charge in [0.2, 0.25) is 5.95 Å². The lowest BCUT2D eigenvalue weighted by Gasteiger charge is -2.31. The van der Waals surface area contributed by atoms with E-state index in [1.54, 1.807) is 6.33 Å². The molecule has 0 atom stereocenters. The lowest BCUT2D eigenvalue weighted by Crippen LogP contribution is -2.37. The summed E-state index contributed by atoms with van der Waals surface area (Å²) in [5.41, 5.74) is 6.94. The van der Waals surface area contributed by atoms with Gasteiger partial charge in [-0.15, -0.1) is 0 Å². The third-order valence-corrected chi connectivity index (χ3v) is 3.43. The second-order valence-electron chi connectivity index (χ2n) is 4.61. The summed E-state index contributed by atoms with van der Waals surface area (Å²) in [5, 5.41) is 9.00. The number of carbonyl (C=O) groups is 1. The first-order chi connectivity index (χ1) is 9.15. The highest BCUT2D eigenvalue weighted by molar-refractivity contribution is 5.84. The Hall–Kier alpha value is -2.38. The fourth-order valence-corrected chi connectivity index (χ4v) is 2.40. The maximum absolute atomic E-state index is 10.9. The number of nitrogen functional groups attached to an aromatic ring is 1. The van der Waals surface area contributed by atoms with Crippen molar-refractivity contribution in [3.05, 3.63) is 6.33 Å². The third-order valence-electron chi connectivity index (χ3n) is 3.43. The molecule has 19 heavy (non-hydrogen) atoms. The molecule has 100 valence electrons. The van der Waals surface area contributed by atoms with E-state index < -0.39 is 5.97 Å². The number of nitrogens with zero attached hydrogens (tertiary/aromatic N) is 4. The minimum absolute atomic E-state index is 0.176. The van der Waals surface area contributed by atoms with Crippen molar-refractivity contribution in [1.82, 2.24) is 19.9 Å². The third kappa shape index (κ3) is 2.05. The first-order valence-corrected chi connectivity index (χ1v) is 6.09. The Balaban J connectivity index is 1.89. The number of imidazole rings is 1. The fraction of sp³-hybridized carbons (Fsp3) is 0.455. The number of hydrogen-bond acceptors (Lipinski definition) is 6. The number of hydrogen-bond donors (Lipinski definition) is 3. The molecule has 8 nitrogen and oxygen atoms in total. The van der Waals surface area contributed by atoms with Crippen LogP contribution in [-0.2, 0) is 4.79 Å². The van der Waals surface area contributed by atoms with Crippen molar-refractivity contribution in [3.8, 4) is 0 Å². The molecule has 0 saturated carbocycles. The van der Waals surface area contributed by atoms with Crippen LogP contribution < -0.4 is 10.6 Å². The number of aromatic nitrogens is 4. The van der Waals surface area contributed by atoms with Crippen LogP contribution in [0, 0.1) is 5.92 Å². The van der Waals surface area contributed by atoms with Crippen LogP contribution in [-0.4, -0.2) is 44.1 Å². The molecule has 0 spiro atoms. The summed E-state index contributed by atoms with van der Waals surface area (Å²) in [6.07, 6.45) is 2.76. The molecule has 1 aliphatic heterocycles. The predicted molar refractivity (Wildman–Crippen MR) is 68.7 cm³/mol. The van der Waals surface area contributed by atoms with Gasteiger partial charge in [0.25, 0.3) is 0 Å². The van der Waals surface area contributed by atoms with Crippen molar-refractivity contribution < 1.29 is 9.90 Å². The van der Waals surface area contributed by atoms with Crippen LogP contribution in [0.5, 0.6) is 0 Å². The number of H-pyrrole nitrogens is 1. The smallest absolute Gasteiger partial charge is 0.306 e. The summed E-state index contributed by atoms with van der Waals surface area (Å²) in [6.45, 7) is 1.28. The molecule has 2 aromatic heterocycles. The zero-order valence-electron chi connectivity index (χ0n) is 10.2. The zero-order valence-corrected chi connectivity index (χ0v) is 10.2. The highest BCUT2D eigenvalue weighted by Gasteiger charge is 2.26. The van der Waals surface area contributed by atoms with Gasteiger partial charge in [-0.2, -0.15) is 9.97 Å². The van der Waals surface area contributed by atoms with E-state index in [2.05, 4.69) is 19.9 Å². The number of piperidine rings is 1. The van der Waals surface area contributed by atoms with Gasteiger partial charge in [0, 0.05) is 13.1 Å². The second-order valence-corrected chi connectivity index (χ2v) is 4.61. The van der Waals surface area contributed by atoms with Gasteiger partial charge in [-0.3, -0.25) is 4.79 Å². The van der Waals surface area contributed by atoms with E-state index in [0.29, 0.717) is 37.4 Å². The number of nitrogens with one attached hydrogen (secondary N) is 1. The molecule has 0 aromatic carbocycles. The number of nitrogens with two attached hydrogens (primary N) is 1. The molecule has 1 saturated heterocycles. The Morgan fingerprint density at radius 3 is 2.84 bits per heavy atom. The van der Waals surface area contributed by atoms with Crippen LogP contribution in [0.2, 0.25) is 0 Å². The molecule has 1 fully saturated rings. The molecule has 0 amide bonds. The summed E-state index contributed by atoms with van der Waals surface area (Å²) in [6, 6.07) is 0. The molecule has 3 rings (SSSR count). The van der Waals surface area contributed by atoms with Gasteiger partial charge in [-0.1, -0.05) is 0 Å². The maximum atomic E-state index is 10.9. The van der Waals surface area contributed by atoms with Crippen LogP contribution in [0.15, 0.2) is 6.33 Å². The largest absolute Gasteiger partial charge is 0.481 e. The lowest BCUT2D eigenvalue weighted by atomic mass is 9.97. The normalized spacial score (nSPS) is 16.9. The summed E-state index contributed by atoms with van der Waals surface area (Å²) >= 11 is 0. The van der Waals surface area contributed by atoms with Crippen molar-refractivity contribution in [2.75, 3.05) is 23.7 Å². The molecule has 8 heteroatoms. The van der Waals surface area contributed by atoms with E-state index >= 15 is 0 Å². The van der Waals surface area contributed by atoms with E-state index in [0.717, 1.165) is 5.52 Å². The van der Waals surface area contributed by atoms with Gasteiger partial charge in [0.05, 0.1) is 12.2 Å². The summed E-state index contributed by atoms with van der Waals surface area (Å²) in [4.78, 5) is 28.3. The SMILES string of the molecule is Nc1nc(N2CCC(C(=O)O)CC2)c2[nH]cnc2n1. The molecule has 4 N–H and O–H groups in total. The van der Waals surface area contributed by atoms with Crippen LogP contribution in [0.1, 0.15) is 12.8 Å². The monoisotopic (exact) mass is 262 g/mol. The molecule has 2 aromatic rings. The topological polar surface area (TPSA) is 121 Å². The van der Waals surface area contributed by atoms with Gasteiger partial charge < -0.3 is 20.7 Å². The molecular weight excluding hydrogens is 248 g/mol. The Kier molecular flexibility index (Phi) is 2.69. The fourth-order valence-electron chi connectivity index (χ4n) is 2.40. The van der Waals surface area contributed by atoms with E-state index in [-0.39, 0.29) is 11.9 Å². The predicted octanol–water partition coefficient (Wildman–Crippen LogP) is 0.236. The van der Waals surface area contributed by atoms with Crippen LogP contribution in [0.25, 0.3) is 11.2 Å². The average molecular weight is 262 g/mol. The van der Waals surface area contributed by atoms with E-state index in [9.17, 15) is 4.79 Å². The van der Waals surface area contributed by atoms with E-state index in [1.165, 1.54) is 0 Å². The van der Waals surface area contributed by atoms with Crippen LogP contribution >= 0.6 is 0 Å². The lowest BCUT2D eigenvalue weighted by molar-refractivity contribution is -0.142. The summed E-state index contributed by atoms with van der Waals surface area (Å²) in [5.74, 6) is -0.125. The van der Waals surface area contributed by atoms with Crippen LogP contribution in [0.4, 0.5) is 11.8 Å². The number of aliphatic carboxylic acids is 1. The van der Waals surface area contributed by atoms with Gasteiger partial charge in [-0.25, -0.2) is 4.98 Å². The Bertz CT molecular complexity index is 617. The summed E-state index contributed by atoms with van der Waals surface area (Å²) < 4.78 is 0. The Labute approximate surface area is 108 Å². The minimum atomic E-state index is -0.728. The highest BCUT2D eigenvalue weighted by Crippen LogP contribution is 2.26. The van der Waals surface area contributed by atoms with Crippen molar-refractivity contribution in [2.24, 2.45) is 5.92 Å². The number of anilines is 2. The second kappa shape index (κ2) is 4.38. The summed E-state index contributed by atoms with van der Waals surface area (Å²) in [7, 11) is 0. The minimum Gasteiger partial charge on any atom is -0.481 e. The molecular formula is C11H14N6O2. The highest BCUT2D eigenvalue weighted by atomic mass is 16.4. The molecule has 1 aliphatic rings. The molecule has 0 unspecified atom stereocenters. The average Bonchev–Trinajstić information content (AvgIpc) is 2.85. The van der Waals surface area contributed by atoms with Gasteiger partial charge in [0.1, 0.15) is 5.52 Å². The number of rotatable bonds is 2. The van der Waals surface area contributed by atoms with E-state index in [4.69, 9.17) is 10.8 Å². The molecule has 0 aliphatic carbocycles. The first-order valence-electron chi connectivity index (χ1n) is 6.09. The van der Waals surface area contributed by atoms with E-state index in [1.807, 2.05) is 4.90 Å². The first kappa shape index (κ1) is 11.7. The quantitative estimate of drug-likeness (QED) is 0.708. The van der Waals surface area contributed by atoms with Crippen molar-refractivity contribution >= 4 is 28.9 Å². The number of carboxylic acid groups (broad SMARTS) is 1. The van der Waals surface area contributed by atoms with Crippen molar-refractivity contribution in [3.63, 3.8) is 0 Å².